The molecule has 3 aromatic heterocycles. The van der Waals surface area contributed by atoms with E-state index in [1.54, 1.807) is 34.6 Å². The van der Waals surface area contributed by atoms with E-state index in [-0.39, 0.29) is 5.91 Å². The average molecular weight is 312 g/mol. The summed E-state index contributed by atoms with van der Waals surface area (Å²) in [6.45, 7) is 0. The predicted molar refractivity (Wildman–Crippen MR) is 87.2 cm³/mol. The minimum atomic E-state index is -0.00189. The van der Waals surface area contributed by atoms with E-state index in [4.69, 9.17) is 0 Å². The maximum absolute atomic E-state index is 12.1. The van der Waals surface area contributed by atoms with Gasteiger partial charge in [-0.2, -0.15) is 5.10 Å². The van der Waals surface area contributed by atoms with Gasteiger partial charge in [-0.15, -0.1) is 11.3 Å². The summed E-state index contributed by atoms with van der Waals surface area (Å²) >= 11 is 1.73. The van der Waals surface area contributed by atoms with Gasteiger partial charge in [0.25, 0.3) is 0 Å². The minimum Gasteiger partial charge on any atom is -0.323 e. The first kappa shape index (κ1) is 14.5. The molecular weight excluding hydrogens is 296 g/mol. The van der Waals surface area contributed by atoms with Crippen molar-refractivity contribution in [2.75, 3.05) is 5.32 Å². The number of hydrogen-bond acceptors (Lipinski definition) is 4. The molecule has 0 bridgehead atoms. The van der Waals surface area contributed by atoms with E-state index in [9.17, 15) is 4.79 Å². The molecule has 3 heterocycles. The average Bonchev–Trinajstić information content (AvgIpc) is 3.21. The van der Waals surface area contributed by atoms with Gasteiger partial charge in [-0.05, 0) is 36.4 Å². The third-order valence-electron chi connectivity index (χ3n) is 3.23. The molecule has 3 rings (SSSR count). The molecule has 0 spiro atoms. The van der Waals surface area contributed by atoms with Crippen LogP contribution in [-0.4, -0.2) is 20.7 Å². The Kier molecular flexibility index (Phi) is 4.60. The van der Waals surface area contributed by atoms with Gasteiger partial charge in [-0.1, -0.05) is 6.07 Å². The van der Waals surface area contributed by atoms with Crippen molar-refractivity contribution in [2.24, 2.45) is 0 Å². The van der Waals surface area contributed by atoms with Crippen LogP contribution in [0.2, 0.25) is 0 Å². The van der Waals surface area contributed by atoms with Gasteiger partial charge in [-0.3, -0.25) is 9.78 Å². The fourth-order valence-corrected chi connectivity index (χ4v) is 2.94. The van der Waals surface area contributed by atoms with Crippen molar-refractivity contribution in [2.45, 2.75) is 19.3 Å². The van der Waals surface area contributed by atoms with Gasteiger partial charge in [0.15, 0.2) is 0 Å². The van der Waals surface area contributed by atoms with Crippen molar-refractivity contribution < 1.29 is 4.79 Å². The second-order valence-corrected chi connectivity index (χ2v) is 5.86. The van der Waals surface area contributed by atoms with E-state index in [2.05, 4.69) is 26.8 Å². The number of hydrogen-bond donors (Lipinski definition) is 1. The first-order valence-electron chi connectivity index (χ1n) is 7.09. The van der Waals surface area contributed by atoms with Crippen LogP contribution in [0.3, 0.4) is 0 Å². The number of aromatic nitrogens is 3. The molecule has 3 aromatic rings. The van der Waals surface area contributed by atoms with E-state index >= 15 is 0 Å². The lowest BCUT2D eigenvalue weighted by Crippen LogP contribution is -2.14. The van der Waals surface area contributed by atoms with Gasteiger partial charge in [0.05, 0.1) is 17.6 Å². The monoisotopic (exact) mass is 312 g/mol. The Morgan fingerprint density at radius 3 is 3.00 bits per heavy atom. The molecule has 0 aliphatic carbocycles. The van der Waals surface area contributed by atoms with Crippen LogP contribution in [0.4, 0.5) is 5.69 Å². The zero-order valence-electron chi connectivity index (χ0n) is 12.0. The van der Waals surface area contributed by atoms with E-state index in [1.165, 1.54) is 4.88 Å². The van der Waals surface area contributed by atoms with Crippen LogP contribution >= 0.6 is 11.3 Å². The minimum absolute atomic E-state index is 0.00189. The lowest BCUT2D eigenvalue weighted by atomic mass is 10.2. The molecule has 5 nitrogen and oxygen atoms in total. The maximum atomic E-state index is 12.1. The standard InChI is InChI=1S/C16H16N4OS/c21-16(6-1-4-13-5-2-11-22-13)19-14-12-17-9-7-15(14)20-10-3-8-18-20/h2-3,5,7-12H,1,4,6H2,(H,19,21). The number of pyridine rings is 1. The summed E-state index contributed by atoms with van der Waals surface area (Å²) in [7, 11) is 0. The van der Waals surface area contributed by atoms with Gasteiger partial charge in [0, 0.05) is 29.9 Å². The fraction of sp³-hybridized carbons (Fsp3) is 0.188. The zero-order chi connectivity index (χ0) is 15.2. The van der Waals surface area contributed by atoms with Gasteiger partial charge < -0.3 is 5.32 Å². The smallest absolute Gasteiger partial charge is 0.224 e. The summed E-state index contributed by atoms with van der Waals surface area (Å²) < 4.78 is 1.71. The Morgan fingerprint density at radius 2 is 2.23 bits per heavy atom. The Labute approximate surface area is 132 Å². The molecule has 0 atom stereocenters. The van der Waals surface area contributed by atoms with Gasteiger partial charge in [0.2, 0.25) is 5.91 Å². The predicted octanol–water partition coefficient (Wildman–Crippen LogP) is 3.29. The number of carbonyl (C=O) groups excluding carboxylic acids is 1. The largest absolute Gasteiger partial charge is 0.323 e. The van der Waals surface area contributed by atoms with Crippen molar-refractivity contribution in [1.29, 1.82) is 0 Å². The van der Waals surface area contributed by atoms with Crippen LogP contribution in [0.25, 0.3) is 5.69 Å². The van der Waals surface area contributed by atoms with E-state index in [1.807, 2.05) is 24.4 Å². The molecule has 6 heteroatoms. The van der Waals surface area contributed by atoms with Crippen molar-refractivity contribution in [3.8, 4) is 5.69 Å². The maximum Gasteiger partial charge on any atom is 0.224 e. The van der Waals surface area contributed by atoms with E-state index in [0.717, 1.165) is 18.5 Å². The number of amides is 1. The lowest BCUT2D eigenvalue weighted by molar-refractivity contribution is -0.116. The van der Waals surface area contributed by atoms with Crippen LogP contribution in [0, 0.1) is 0 Å². The van der Waals surface area contributed by atoms with Crippen LogP contribution in [0.15, 0.2) is 54.4 Å². The van der Waals surface area contributed by atoms with Gasteiger partial charge in [0.1, 0.15) is 0 Å². The molecule has 0 aliphatic rings. The highest BCUT2D eigenvalue weighted by molar-refractivity contribution is 7.09. The Bertz CT molecular complexity index is 722. The molecule has 1 amide bonds. The number of anilines is 1. The molecule has 0 radical (unpaired) electrons. The van der Waals surface area contributed by atoms with Crippen LogP contribution in [-0.2, 0) is 11.2 Å². The van der Waals surface area contributed by atoms with Gasteiger partial charge >= 0.3 is 0 Å². The van der Waals surface area contributed by atoms with Crippen molar-refractivity contribution >= 4 is 22.9 Å². The number of thiophene rings is 1. The SMILES string of the molecule is O=C(CCCc1cccs1)Nc1cnccc1-n1cccn1. The second-order valence-electron chi connectivity index (χ2n) is 4.82. The number of nitrogens with one attached hydrogen (secondary N) is 1. The topological polar surface area (TPSA) is 59.8 Å². The quantitative estimate of drug-likeness (QED) is 0.760. The zero-order valence-corrected chi connectivity index (χ0v) is 12.8. The number of rotatable bonds is 6. The summed E-state index contributed by atoms with van der Waals surface area (Å²) in [5.41, 5.74) is 1.49. The summed E-state index contributed by atoms with van der Waals surface area (Å²) in [4.78, 5) is 17.5. The molecule has 22 heavy (non-hydrogen) atoms. The van der Waals surface area contributed by atoms with Crippen LogP contribution in [0.1, 0.15) is 17.7 Å². The normalized spacial score (nSPS) is 10.5. The Hall–Kier alpha value is -2.47. The summed E-state index contributed by atoms with van der Waals surface area (Å²) in [6, 6.07) is 7.80. The van der Waals surface area contributed by atoms with Crippen molar-refractivity contribution in [3.05, 3.63) is 59.3 Å². The van der Waals surface area contributed by atoms with E-state index in [0.29, 0.717) is 12.1 Å². The van der Waals surface area contributed by atoms with Crippen molar-refractivity contribution in [3.63, 3.8) is 0 Å². The molecule has 0 fully saturated rings. The Morgan fingerprint density at radius 1 is 1.27 bits per heavy atom. The third-order valence-corrected chi connectivity index (χ3v) is 4.17. The highest BCUT2D eigenvalue weighted by Gasteiger charge is 2.09. The van der Waals surface area contributed by atoms with Crippen LogP contribution in [0.5, 0.6) is 0 Å². The van der Waals surface area contributed by atoms with Gasteiger partial charge in [-0.25, -0.2) is 4.68 Å². The fourth-order valence-electron chi connectivity index (χ4n) is 2.19. The first-order valence-corrected chi connectivity index (χ1v) is 7.97. The molecule has 0 saturated carbocycles. The van der Waals surface area contributed by atoms with Crippen molar-refractivity contribution in [1.82, 2.24) is 14.8 Å². The number of carbonyl (C=O) groups is 1. The van der Waals surface area contributed by atoms with E-state index < -0.39 is 0 Å². The molecule has 0 aromatic carbocycles. The molecule has 0 unspecified atom stereocenters. The summed E-state index contributed by atoms with van der Waals surface area (Å²) in [6.07, 6.45) is 9.13. The lowest BCUT2D eigenvalue weighted by Gasteiger charge is -2.10. The number of nitrogens with zero attached hydrogens (tertiary/aromatic N) is 3. The first-order chi connectivity index (χ1) is 10.8. The third kappa shape index (κ3) is 3.59. The molecule has 0 saturated heterocycles. The highest BCUT2D eigenvalue weighted by Crippen LogP contribution is 2.18. The summed E-state index contributed by atoms with van der Waals surface area (Å²) in [5.74, 6) is -0.00189. The molecular formula is C16H16N4OS. The highest BCUT2D eigenvalue weighted by atomic mass is 32.1. The molecule has 1 N–H and O–H groups in total. The second kappa shape index (κ2) is 7.00. The Balaban J connectivity index is 1.60. The molecule has 112 valence electrons. The summed E-state index contributed by atoms with van der Waals surface area (Å²) in [5, 5.41) is 9.17. The number of aryl methyl sites for hydroxylation is 1. The molecule has 0 aliphatic heterocycles. The van der Waals surface area contributed by atoms with Crippen LogP contribution < -0.4 is 5.32 Å².